The molecule has 3 saturated carbocycles. The normalized spacial score (nSPS) is 55.9. The lowest BCUT2D eigenvalue weighted by Crippen LogP contribution is -2.47. The first-order chi connectivity index (χ1) is 8.34. The van der Waals surface area contributed by atoms with Gasteiger partial charge in [0.2, 0.25) is 0 Å². The highest BCUT2D eigenvalue weighted by Gasteiger charge is 2.64. The Morgan fingerprint density at radius 3 is 2.59 bits per heavy atom. The summed E-state index contributed by atoms with van der Waals surface area (Å²) in [5.41, 5.74) is 0. The average molecular weight is 234 g/mol. The lowest BCUT2D eigenvalue weighted by atomic mass is 9.92. The van der Waals surface area contributed by atoms with E-state index in [9.17, 15) is 0 Å². The molecule has 2 heteroatoms. The second kappa shape index (κ2) is 3.96. The lowest BCUT2D eigenvalue weighted by Gasteiger charge is -2.30. The minimum absolute atomic E-state index is 0.739. The largest absolute Gasteiger partial charge is 0.312 e. The van der Waals surface area contributed by atoms with Crippen molar-refractivity contribution in [1.82, 2.24) is 10.6 Å². The van der Waals surface area contributed by atoms with Crippen LogP contribution in [0.3, 0.4) is 0 Å². The smallest absolute Gasteiger partial charge is 0.0218 e. The Bertz CT molecular complexity index is 287. The van der Waals surface area contributed by atoms with Gasteiger partial charge in [0.25, 0.3) is 0 Å². The first kappa shape index (κ1) is 10.8. The molecule has 6 unspecified atom stereocenters. The van der Waals surface area contributed by atoms with Crippen LogP contribution in [-0.2, 0) is 0 Å². The Kier molecular flexibility index (Phi) is 2.52. The molecule has 0 aromatic heterocycles. The van der Waals surface area contributed by atoms with Crippen molar-refractivity contribution in [3.63, 3.8) is 0 Å². The maximum absolute atomic E-state index is 3.90. The van der Waals surface area contributed by atoms with Gasteiger partial charge in [-0.25, -0.2) is 0 Å². The van der Waals surface area contributed by atoms with E-state index >= 15 is 0 Å². The standard InChI is InChI=1S/C15H26N2/c1-9-3-2-6-16-12(9)8-17-15-13-10-4-5-11(7-10)14(13)15/h9-17H,2-8H2,1H3. The highest BCUT2D eigenvalue weighted by molar-refractivity contribution is 5.16. The summed E-state index contributed by atoms with van der Waals surface area (Å²) < 4.78 is 0. The van der Waals surface area contributed by atoms with Crippen molar-refractivity contribution in [3.8, 4) is 0 Å². The molecule has 2 N–H and O–H groups in total. The highest BCUT2D eigenvalue weighted by Crippen LogP contribution is 2.65. The Labute approximate surface area is 105 Å². The second-order valence-corrected chi connectivity index (χ2v) is 7.10. The maximum Gasteiger partial charge on any atom is 0.0218 e. The molecule has 1 saturated heterocycles. The first-order valence-corrected chi connectivity index (χ1v) is 7.81. The van der Waals surface area contributed by atoms with E-state index < -0.39 is 0 Å². The van der Waals surface area contributed by atoms with Gasteiger partial charge in [-0.1, -0.05) is 6.92 Å². The molecule has 0 radical (unpaired) electrons. The van der Waals surface area contributed by atoms with Crippen LogP contribution in [0.4, 0.5) is 0 Å². The van der Waals surface area contributed by atoms with Crippen LogP contribution >= 0.6 is 0 Å². The van der Waals surface area contributed by atoms with Crippen molar-refractivity contribution in [2.45, 2.75) is 51.1 Å². The monoisotopic (exact) mass is 234 g/mol. The summed E-state index contributed by atoms with van der Waals surface area (Å²) in [4.78, 5) is 0. The van der Waals surface area contributed by atoms with Crippen molar-refractivity contribution in [2.75, 3.05) is 13.1 Å². The molecular weight excluding hydrogens is 208 g/mol. The van der Waals surface area contributed by atoms with Crippen molar-refractivity contribution in [2.24, 2.45) is 29.6 Å². The number of rotatable bonds is 3. The van der Waals surface area contributed by atoms with Gasteiger partial charge in [-0.2, -0.15) is 0 Å². The molecule has 0 aromatic rings. The second-order valence-electron chi connectivity index (χ2n) is 7.10. The quantitative estimate of drug-likeness (QED) is 0.780. The van der Waals surface area contributed by atoms with Crippen molar-refractivity contribution in [1.29, 1.82) is 0 Å². The zero-order chi connectivity index (χ0) is 11.4. The van der Waals surface area contributed by atoms with E-state index in [4.69, 9.17) is 0 Å². The number of fused-ring (bicyclic) bond motifs is 5. The van der Waals surface area contributed by atoms with Crippen LogP contribution in [0.15, 0.2) is 0 Å². The summed E-state index contributed by atoms with van der Waals surface area (Å²) in [6.45, 7) is 4.87. The van der Waals surface area contributed by atoms with Crippen LogP contribution < -0.4 is 10.6 Å². The molecule has 4 fully saturated rings. The Morgan fingerprint density at radius 2 is 1.88 bits per heavy atom. The van der Waals surface area contributed by atoms with E-state index in [1.807, 2.05) is 0 Å². The van der Waals surface area contributed by atoms with Gasteiger partial charge in [0.15, 0.2) is 0 Å². The number of nitrogens with one attached hydrogen (secondary N) is 2. The summed E-state index contributed by atoms with van der Waals surface area (Å²) in [7, 11) is 0. The molecule has 1 heterocycles. The molecule has 4 aliphatic rings. The minimum atomic E-state index is 0.739. The van der Waals surface area contributed by atoms with Crippen LogP contribution in [0, 0.1) is 29.6 Å². The third-order valence-corrected chi connectivity index (χ3v) is 6.24. The fourth-order valence-corrected chi connectivity index (χ4v) is 5.25. The molecule has 2 bridgehead atoms. The predicted octanol–water partition coefficient (Wildman–Crippen LogP) is 2.01. The molecule has 4 rings (SSSR count). The van der Waals surface area contributed by atoms with E-state index in [-0.39, 0.29) is 0 Å². The van der Waals surface area contributed by atoms with Gasteiger partial charge in [-0.05, 0) is 68.2 Å². The van der Waals surface area contributed by atoms with Crippen LogP contribution in [0.5, 0.6) is 0 Å². The van der Waals surface area contributed by atoms with Gasteiger partial charge >= 0.3 is 0 Å². The van der Waals surface area contributed by atoms with Gasteiger partial charge in [0, 0.05) is 18.6 Å². The zero-order valence-corrected chi connectivity index (χ0v) is 11.0. The van der Waals surface area contributed by atoms with E-state index in [0.29, 0.717) is 0 Å². The summed E-state index contributed by atoms with van der Waals surface area (Å²) in [6, 6.07) is 1.65. The molecule has 1 aliphatic heterocycles. The molecular formula is C15H26N2. The Morgan fingerprint density at radius 1 is 1.12 bits per heavy atom. The van der Waals surface area contributed by atoms with Gasteiger partial charge in [-0.3, -0.25) is 0 Å². The minimum Gasteiger partial charge on any atom is -0.312 e. The highest BCUT2D eigenvalue weighted by atomic mass is 15.1. The summed E-state index contributed by atoms with van der Waals surface area (Å²) in [5, 5.41) is 7.59. The SMILES string of the molecule is CC1CCCNC1CNC1C2C3CCC(C3)C12. The van der Waals surface area contributed by atoms with Crippen LogP contribution in [0.2, 0.25) is 0 Å². The molecule has 2 nitrogen and oxygen atoms in total. The average Bonchev–Trinajstić information content (AvgIpc) is 2.74. The number of hydrogen-bond acceptors (Lipinski definition) is 2. The van der Waals surface area contributed by atoms with Gasteiger partial charge < -0.3 is 10.6 Å². The van der Waals surface area contributed by atoms with Crippen LogP contribution in [0.1, 0.15) is 39.0 Å². The van der Waals surface area contributed by atoms with Gasteiger partial charge in [0.05, 0.1) is 0 Å². The molecule has 0 aromatic carbocycles. The summed E-state index contributed by atoms with van der Waals surface area (Å²) >= 11 is 0. The topological polar surface area (TPSA) is 24.1 Å². The number of hydrogen-bond donors (Lipinski definition) is 2. The van der Waals surface area contributed by atoms with Gasteiger partial charge in [0.1, 0.15) is 0 Å². The number of piperidine rings is 1. The fraction of sp³-hybridized carbons (Fsp3) is 1.00. The third-order valence-electron chi connectivity index (χ3n) is 6.24. The van der Waals surface area contributed by atoms with Crippen molar-refractivity contribution < 1.29 is 0 Å². The first-order valence-electron chi connectivity index (χ1n) is 7.81. The molecule has 0 amide bonds. The Hall–Kier alpha value is -0.0800. The Balaban J connectivity index is 1.29. The zero-order valence-electron chi connectivity index (χ0n) is 11.0. The van der Waals surface area contributed by atoms with E-state index in [2.05, 4.69) is 17.6 Å². The fourth-order valence-electron chi connectivity index (χ4n) is 5.25. The van der Waals surface area contributed by atoms with E-state index in [0.717, 1.165) is 41.7 Å². The van der Waals surface area contributed by atoms with Crippen molar-refractivity contribution in [3.05, 3.63) is 0 Å². The summed E-state index contributed by atoms with van der Waals surface area (Å²) in [5.74, 6) is 5.27. The third kappa shape index (κ3) is 1.67. The molecule has 3 aliphatic carbocycles. The molecule has 96 valence electrons. The van der Waals surface area contributed by atoms with E-state index in [1.54, 1.807) is 19.3 Å². The summed E-state index contributed by atoms with van der Waals surface area (Å²) in [6.07, 6.45) is 7.45. The molecule has 17 heavy (non-hydrogen) atoms. The predicted molar refractivity (Wildman–Crippen MR) is 69.8 cm³/mol. The maximum atomic E-state index is 3.90. The lowest BCUT2D eigenvalue weighted by molar-refractivity contribution is 0.284. The van der Waals surface area contributed by atoms with Crippen LogP contribution in [0.25, 0.3) is 0 Å². The van der Waals surface area contributed by atoms with Crippen molar-refractivity contribution >= 4 is 0 Å². The van der Waals surface area contributed by atoms with E-state index in [1.165, 1.54) is 25.9 Å². The molecule has 6 atom stereocenters. The van der Waals surface area contributed by atoms with Crippen LogP contribution in [-0.4, -0.2) is 25.2 Å². The molecule has 0 spiro atoms. The van der Waals surface area contributed by atoms with Gasteiger partial charge in [-0.15, -0.1) is 0 Å².